The number of carbonyl (C=O) groups excluding carboxylic acids is 2. The molecule has 0 heterocycles. The molecule has 0 aliphatic heterocycles. The molecule has 0 saturated heterocycles. The lowest BCUT2D eigenvalue weighted by Crippen LogP contribution is -2.16. The normalized spacial score (nSPS) is 10.4. The van der Waals surface area contributed by atoms with Crippen molar-refractivity contribution in [3.63, 3.8) is 0 Å². The van der Waals surface area contributed by atoms with Gasteiger partial charge in [0.25, 0.3) is 0 Å². The van der Waals surface area contributed by atoms with Gasteiger partial charge >= 0.3 is 5.97 Å². The maximum absolute atomic E-state index is 12.4. The minimum absolute atomic E-state index is 0.0218. The van der Waals surface area contributed by atoms with Gasteiger partial charge in [-0.2, -0.15) is 0 Å². The van der Waals surface area contributed by atoms with E-state index < -0.39 is 5.97 Å². The first kappa shape index (κ1) is 16.7. The Kier molecular flexibility index (Phi) is 4.84. The molecular weight excluding hydrogens is 292 g/mol. The van der Waals surface area contributed by atoms with E-state index in [0.717, 1.165) is 22.3 Å². The Morgan fingerprint density at radius 1 is 1.00 bits per heavy atom. The number of hydrogen-bond donors (Lipinski definition) is 1. The molecule has 0 fully saturated rings. The highest BCUT2D eigenvalue weighted by Crippen LogP contribution is 2.22. The first-order valence-corrected chi connectivity index (χ1v) is 7.38. The predicted octanol–water partition coefficient (Wildman–Crippen LogP) is 3.67. The van der Waals surface area contributed by atoms with Crippen LogP contribution < -0.4 is 0 Å². The fraction of sp³-hybridized carbons (Fsp3) is 0.263. The number of benzene rings is 2. The zero-order valence-corrected chi connectivity index (χ0v) is 13.8. The number of esters is 1. The maximum Gasteiger partial charge on any atom is 0.338 e. The number of hydrogen-bond acceptors (Lipinski definition) is 4. The second-order valence-electron chi connectivity index (χ2n) is 5.67. The zero-order chi connectivity index (χ0) is 17.1. The highest BCUT2D eigenvalue weighted by molar-refractivity contribution is 6.01. The number of phenolic OH excluding ortho intramolecular Hbond substituents is 1. The van der Waals surface area contributed by atoms with Gasteiger partial charge in [0, 0.05) is 5.56 Å². The molecule has 0 amide bonds. The third-order valence-electron chi connectivity index (χ3n) is 4.20. The summed E-state index contributed by atoms with van der Waals surface area (Å²) >= 11 is 0. The Morgan fingerprint density at radius 2 is 1.70 bits per heavy atom. The summed E-state index contributed by atoms with van der Waals surface area (Å²) in [6.45, 7) is 7.53. The summed E-state index contributed by atoms with van der Waals surface area (Å²) < 4.78 is 5.06. The number of aryl methyl sites for hydroxylation is 1. The van der Waals surface area contributed by atoms with Crippen LogP contribution in [0.25, 0.3) is 0 Å². The number of ether oxygens (including phenoxy) is 1. The first-order chi connectivity index (χ1) is 10.8. The zero-order valence-electron chi connectivity index (χ0n) is 13.8. The minimum Gasteiger partial charge on any atom is -0.508 e. The Labute approximate surface area is 135 Å². The molecule has 4 nitrogen and oxygen atoms in total. The number of carbonyl (C=O) groups is 2. The molecule has 2 aromatic rings. The third kappa shape index (κ3) is 3.59. The summed E-state index contributed by atoms with van der Waals surface area (Å²) in [5.74, 6) is -0.888. The summed E-state index contributed by atoms with van der Waals surface area (Å²) in [4.78, 5) is 24.3. The van der Waals surface area contributed by atoms with Crippen LogP contribution in [0.5, 0.6) is 5.75 Å². The van der Waals surface area contributed by atoms with E-state index in [0.29, 0.717) is 5.56 Å². The van der Waals surface area contributed by atoms with E-state index in [1.54, 1.807) is 6.07 Å². The third-order valence-corrected chi connectivity index (χ3v) is 4.20. The van der Waals surface area contributed by atoms with Crippen LogP contribution in [0.4, 0.5) is 0 Å². The van der Waals surface area contributed by atoms with E-state index in [9.17, 15) is 14.7 Å². The summed E-state index contributed by atoms with van der Waals surface area (Å²) in [7, 11) is 0. The van der Waals surface area contributed by atoms with Crippen molar-refractivity contribution in [2.75, 3.05) is 6.61 Å². The number of aromatic hydroxyl groups is 1. The van der Waals surface area contributed by atoms with Gasteiger partial charge in [0.1, 0.15) is 5.75 Å². The molecule has 120 valence electrons. The van der Waals surface area contributed by atoms with E-state index in [2.05, 4.69) is 0 Å². The van der Waals surface area contributed by atoms with Crippen molar-refractivity contribution in [1.82, 2.24) is 0 Å². The van der Waals surface area contributed by atoms with Crippen molar-refractivity contribution < 1.29 is 19.4 Å². The molecule has 23 heavy (non-hydrogen) atoms. The van der Waals surface area contributed by atoms with Gasteiger partial charge in [-0.25, -0.2) is 4.79 Å². The van der Waals surface area contributed by atoms with Crippen LogP contribution in [0.2, 0.25) is 0 Å². The van der Waals surface area contributed by atoms with Crippen molar-refractivity contribution in [3.05, 3.63) is 63.7 Å². The Bertz CT molecular complexity index is 775. The molecule has 0 bridgehead atoms. The van der Waals surface area contributed by atoms with Crippen molar-refractivity contribution in [1.29, 1.82) is 0 Å². The fourth-order valence-corrected chi connectivity index (χ4v) is 2.43. The summed E-state index contributed by atoms with van der Waals surface area (Å²) in [5.41, 5.74) is 4.98. The van der Waals surface area contributed by atoms with Gasteiger partial charge in [-0.15, -0.1) is 0 Å². The largest absolute Gasteiger partial charge is 0.508 e. The highest BCUT2D eigenvalue weighted by Gasteiger charge is 2.16. The van der Waals surface area contributed by atoms with E-state index in [4.69, 9.17) is 4.74 Å². The van der Waals surface area contributed by atoms with Gasteiger partial charge in [-0.3, -0.25) is 4.79 Å². The summed E-state index contributed by atoms with van der Waals surface area (Å²) in [5, 5.41) is 9.37. The van der Waals surface area contributed by atoms with Gasteiger partial charge in [-0.1, -0.05) is 6.07 Å². The minimum atomic E-state index is -0.632. The van der Waals surface area contributed by atoms with Crippen molar-refractivity contribution in [2.45, 2.75) is 27.7 Å². The van der Waals surface area contributed by atoms with Crippen LogP contribution >= 0.6 is 0 Å². The molecule has 0 spiro atoms. The lowest BCUT2D eigenvalue weighted by Gasteiger charge is -2.13. The number of rotatable bonds is 4. The fourth-order valence-electron chi connectivity index (χ4n) is 2.43. The Hall–Kier alpha value is -2.62. The molecule has 1 N–H and O–H groups in total. The topological polar surface area (TPSA) is 63.6 Å². The molecule has 0 unspecified atom stereocenters. The molecule has 0 aliphatic carbocycles. The van der Waals surface area contributed by atoms with Gasteiger partial charge < -0.3 is 9.84 Å². The van der Waals surface area contributed by atoms with Gasteiger partial charge in [-0.05, 0) is 74.2 Å². The lowest BCUT2D eigenvalue weighted by atomic mass is 9.93. The van der Waals surface area contributed by atoms with Crippen LogP contribution in [-0.4, -0.2) is 23.5 Å². The molecule has 2 aromatic carbocycles. The first-order valence-electron chi connectivity index (χ1n) is 7.38. The number of Topliss-reactive ketones (excluding diaryl/α,β-unsaturated/α-hetero) is 1. The molecule has 4 heteroatoms. The monoisotopic (exact) mass is 312 g/mol. The maximum atomic E-state index is 12.4. The molecule has 0 aromatic heterocycles. The van der Waals surface area contributed by atoms with E-state index >= 15 is 0 Å². The summed E-state index contributed by atoms with van der Waals surface area (Å²) in [6, 6.07) is 7.67. The molecule has 2 rings (SSSR count). The molecule has 0 saturated carbocycles. The standard InChI is InChI=1S/C19H20O4/c1-11-8-17(14(4)13(3)12(11)2)18(21)10-23-19(22)15-6-5-7-16(20)9-15/h5-9,20H,10H2,1-4H3. The SMILES string of the molecule is Cc1cc(C(=O)COC(=O)c2cccc(O)c2)c(C)c(C)c1C. The van der Waals surface area contributed by atoms with Crippen molar-refractivity contribution in [3.8, 4) is 5.75 Å². The average Bonchev–Trinajstić information content (AvgIpc) is 2.53. The van der Waals surface area contributed by atoms with Crippen molar-refractivity contribution in [2.24, 2.45) is 0 Å². The second kappa shape index (κ2) is 6.65. The molecular formula is C19H20O4. The van der Waals surface area contributed by atoms with Crippen LogP contribution in [0.15, 0.2) is 30.3 Å². The van der Waals surface area contributed by atoms with Crippen LogP contribution in [-0.2, 0) is 4.74 Å². The molecule has 0 radical (unpaired) electrons. The van der Waals surface area contributed by atoms with Gasteiger partial charge in [0.15, 0.2) is 6.61 Å². The quantitative estimate of drug-likeness (QED) is 0.691. The van der Waals surface area contributed by atoms with Gasteiger partial charge in [0.05, 0.1) is 5.56 Å². The second-order valence-corrected chi connectivity index (χ2v) is 5.67. The van der Waals surface area contributed by atoms with Gasteiger partial charge in [0.2, 0.25) is 5.78 Å². The van der Waals surface area contributed by atoms with E-state index in [1.807, 2.05) is 33.8 Å². The highest BCUT2D eigenvalue weighted by atomic mass is 16.5. The van der Waals surface area contributed by atoms with Crippen LogP contribution in [0, 0.1) is 27.7 Å². The van der Waals surface area contributed by atoms with E-state index in [1.165, 1.54) is 18.2 Å². The molecule has 0 atom stereocenters. The van der Waals surface area contributed by atoms with Crippen molar-refractivity contribution >= 4 is 11.8 Å². The Balaban J connectivity index is 2.13. The predicted molar refractivity (Wildman–Crippen MR) is 88.1 cm³/mol. The van der Waals surface area contributed by atoms with E-state index in [-0.39, 0.29) is 23.7 Å². The molecule has 0 aliphatic rings. The summed E-state index contributed by atoms with van der Waals surface area (Å²) in [6.07, 6.45) is 0. The number of ketones is 1. The Morgan fingerprint density at radius 3 is 2.35 bits per heavy atom. The van der Waals surface area contributed by atoms with Crippen LogP contribution in [0.1, 0.15) is 43.0 Å². The smallest absolute Gasteiger partial charge is 0.338 e. The number of phenols is 1. The average molecular weight is 312 g/mol. The van der Waals surface area contributed by atoms with Crippen LogP contribution in [0.3, 0.4) is 0 Å². The lowest BCUT2D eigenvalue weighted by molar-refractivity contribution is 0.0474.